The van der Waals surface area contributed by atoms with E-state index in [2.05, 4.69) is 17.3 Å². The van der Waals surface area contributed by atoms with Gasteiger partial charge in [0.1, 0.15) is 11.5 Å². The van der Waals surface area contributed by atoms with Crippen molar-refractivity contribution >= 4 is 33.4 Å². The topological polar surface area (TPSA) is 69.0 Å². The summed E-state index contributed by atoms with van der Waals surface area (Å²) in [5.74, 6) is 1.73. The Kier molecular flexibility index (Phi) is 4.49. The van der Waals surface area contributed by atoms with Crippen molar-refractivity contribution in [3.05, 3.63) is 24.4 Å². The van der Waals surface area contributed by atoms with Crippen molar-refractivity contribution in [2.75, 3.05) is 19.0 Å². The number of hydrogen-bond acceptors (Lipinski definition) is 5. The van der Waals surface area contributed by atoms with Gasteiger partial charge in [-0.05, 0) is 43.9 Å². The van der Waals surface area contributed by atoms with Crippen LogP contribution in [0.3, 0.4) is 0 Å². The second-order valence-corrected chi connectivity index (χ2v) is 6.93. The molecule has 3 aromatic rings. The minimum absolute atomic E-state index is 0.395. The van der Waals surface area contributed by atoms with E-state index < -0.39 is 0 Å². The molecule has 0 unspecified atom stereocenters. The van der Waals surface area contributed by atoms with Crippen molar-refractivity contribution < 1.29 is 9.53 Å². The minimum atomic E-state index is 0.395. The van der Waals surface area contributed by atoms with Crippen molar-refractivity contribution in [2.45, 2.75) is 39.2 Å². The fourth-order valence-corrected chi connectivity index (χ4v) is 3.74. The van der Waals surface area contributed by atoms with Crippen LogP contribution in [0.25, 0.3) is 21.9 Å². The number of pyridine rings is 1. The number of aromatic nitrogens is 3. The molecule has 0 amide bonds. The zero-order chi connectivity index (χ0) is 18.1. The van der Waals surface area contributed by atoms with E-state index in [1.54, 1.807) is 7.11 Å². The fourth-order valence-electron chi connectivity index (χ4n) is 3.74. The number of rotatable bonds is 5. The summed E-state index contributed by atoms with van der Waals surface area (Å²) in [5, 5.41) is 10.2. The number of nitrogens with zero attached hydrogens (tertiary/aromatic N) is 3. The van der Waals surface area contributed by atoms with Crippen LogP contribution in [0.4, 0.5) is 5.69 Å². The van der Waals surface area contributed by atoms with E-state index in [4.69, 9.17) is 9.72 Å². The average molecular weight is 352 g/mol. The van der Waals surface area contributed by atoms with Gasteiger partial charge in [-0.2, -0.15) is 5.10 Å². The van der Waals surface area contributed by atoms with Gasteiger partial charge in [-0.25, -0.2) is 9.67 Å². The molecule has 6 nitrogen and oxygen atoms in total. The number of anilines is 1. The lowest BCUT2D eigenvalue weighted by Gasteiger charge is -2.22. The number of Topliss-reactive ketones (excluding diaryl/α,β-unsaturated/α-hetero) is 1. The maximum atomic E-state index is 11.5. The van der Waals surface area contributed by atoms with E-state index in [1.807, 2.05) is 29.1 Å². The number of methoxy groups -OCH3 is 1. The number of carbonyl (C=O) groups is 1. The lowest BCUT2D eigenvalue weighted by molar-refractivity contribution is -0.120. The summed E-state index contributed by atoms with van der Waals surface area (Å²) in [5.41, 5.74) is 2.88. The third-order valence-corrected chi connectivity index (χ3v) is 5.31. The van der Waals surface area contributed by atoms with Crippen LogP contribution in [-0.4, -0.2) is 34.2 Å². The molecule has 0 saturated heterocycles. The minimum Gasteiger partial charge on any atom is -0.497 e. The zero-order valence-corrected chi connectivity index (χ0v) is 15.3. The van der Waals surface area contributed by atoms with Gasteiger partial charge in [0, 0.05) is 31.3 Å². The highest BCUT2D eigenvalue weighted by Crippen LogP contribution is 2.34. The van der Waals surface area contributed by atoms with Crippen LogP contribution in [0.15, 0.2) is 24.4 Å². The van der Waals surface area contributed by atoms with Crippen LogP contribution in [0.5, 0.6) is 5.75 Å². The van der Waals surface area contributed by atoms with Crippen molar-refractivity contribution in [1.82, 2.24) is 14.8 Å². The van der Waals surface area contributed by atoms with E-state index in [9.17, 15) is 4.79 Å². The van der Waals surface area contributed by atoms with Crippen molar-refractivity contribution in [3.63, 3.8) is 0 Å². The zero-order valence-electron chi connectivity index (χ0n) is 15.3. The summed E-state index contributed by atoms with van der Waals surface area (Å²) >= 11 is 0. The predicted molar refractivity (Wildman–Crippen MR) is 103 cm³/mol. The molecule has 26 heavy (non-hydrogen) atoms. The normalized spacial score (nSPS) is 15.7. The van der Waals surface area contributed by atoms with E-state index in [1.165, 1.54) is 0 Å². The molecule has 4 rings (SSSR count). The second kappa shape index (κ2) is 6.94. The number of ether oxygens (including phenoxy) is 1. The Balaban J connectivity index is 1.75. The quantitative estimate of drug-likeness (QED) is 0.757. The molecule has 1 aromatic carbocycles. The Morgan fingerprint density at radius 1 is 1.27 bits per heavy atom. The molecular weight excluding hydrogens is 328 g/mol. The summed E-state index contributed by atoms with van der Waals surface area (Å²) in [6.07, 6.45) is 5.24. The first kappa shape index (κ1) is 16.8. The third-order valence-electron chi connectivity index (χ3n) is 5.31. The first-order valence-electron chi connectivity index (χ1n) is 9.28. The maximum Gasteiger partial charge on any atom is 0.160 e. The van der Waals surface area contributed by atoms with Crippen LogP contribution in [0.1, 0.15) is 32.6 Å². The molecule has 0 spiro atoms. The van der Waals surface area contributed by atoms with Gasteiger partial charge >= 0.3 is 0 Å². The monoisotopic (exact) mass is 352 g/mol. The van der Waals surface area contributed by atoms with Gasteiger partial charge in [0.2, 0.25) is 0 Å². The lowest BCUT2D eigenvalue weighted by Crippen LogP contribution is -2.21. The van der Waals surface area contributed by atoms with Gasteiger partial charge in [0.15, 0.2) is 5.65 Å². The Morgan fingerprint density at radius 3 is 2.81 bits per heavy atom. The molecule has 2 heterocycles. The molecule has 0 radical (unpaired) electrons. The standard InChI is InChI=1S/C20H24N4O2/c1-3-24-20-17(12-22-24)19(21-11-13-4-6-14(25)7-5-13)16-10-15(26-2)8-9-18(16)23-20/h8-10,12-13H,3-7,11H2,1-2H3,(H,21,23). The molecule has 1 aliphatic carbocycles. The molecule has 1 saturated carbocycles. The van der Waals surface area contributed by atoms with Crippen molar-refractivity contribution in [3.8, 4) is 5.75 Å². The molecule has 1 N–H and O–H groups in total. The Hall–Kier alpha value is -2.63. The summed E-state index contributed by atoms with van der Waals surface area (Å²) in [6, 6.07) is 5.95. The Labute approximate surface area is 152 Å². The summed E-state index contributed by atoms with van der Waals surface area (Å²) in [4.78, 5) is 16.3. The number of ketones is 1. The third kappa shape index (κ3) is 3.00. The van der Waals surface area contributed by atoms with Gasteiger partial charge in [0.25, 0.3) is 0 Å². The van der Waals surface area contributed by atoms with E-state index >= 15 is 0 Å². The van der Waals surface area contributed by atoms with Crippen molar-refractivity contribution in [1.29, 1.82) is 0 Å². The Bertz CT molecular complexity index is 953. The number of fused-ring (bicyclic) bond motifs is 2. The second-order valence-electron chi connectivity index (χ2n) is 6.93. The number of benzene rings is 1. The van der Waals surface area contributed by atoms with Crippen LogP contribution in [-0.2, 0) is 11.3 Å². The summed E-state index contributed by atoms with van der Waals surface area (Å²) < 4.78 is 7.33. The molecular formula is C20H24N4O2. The van der Waals surface area contributed by atoms with Crippen LogP contribution in [0, 0.1) is 5.92 Å². The lowest BCUT2D eigenvalue weighted by atomic mass is 9.88. The Morgan fingerprint density at radius 2 is 2.08 bits per heavy atom. The smallest absolute Gasteiger partial charge is 0.160 e. The first-order valence-corrected chi connectivity index (χ1v) is 9.28. The van der Waals surface area contributed by atoms with E-state index in [0.717, 1.165) is 59.3 Å². The molecule has 0 atom stereocenters. The number of carbonyl (C=O) groups excluding carboxylic acids is 1. The number of aryl methyl sites for hydroxylation is 1. The van der Waals surface area contributed by atoms with E-state index in [0.29, 0.717) is 24.5 Å². The SMILES string of the molecule is CCn1ncc2c(NCC3CCC(=O)CC3)c3cc(OC)ccc3nc21. The largest absolute Gasteiger partial charge is 0.497 e. The first-order chi connectivity index (χ1) is 12.7. The van der Waals surface area contributed by atoms with Gasteiger partial charge < -0.3 is 10.1 Å². The predicted octanol–water partition coefficient (Wildman–Crippen LogP) is 3.78. The van der Waals surface area contributed by atoms with E-state index in [-0.39, 0.29) is 0 Å². The molecule has 0 aliphatic heterocycles. The van der Waals surface area contributed by atoms with Crippen LogP contribution in [0.2, 0.25) is 0 Å². The summed E-state index contributed by atoms with van der Waals surface area (Å²) in [6.45, 7) is 3.71. The van der Waals surface area contributed by atoms with Gasteiger partial charge in [-0.3, -0.25) is 4.79 Å². The molecule has 1 aliphatic rings. The van der Waals surface area contributed by atoms with Gasteiger partial charge in [-0.1, -0.05) is 0 Å². The highest BCUT2D eigenvalue weighted by atomic mass is 16.5. The highest BCUT2D eigenvalue weighted by Gasteiger charge is 2.20. The van der Waals surface area contributed by atoms with Crippen LogP contribution >= 0.6 is 0 Å². The molecule has 2 aromatic heterocycles. The molecule has 1 fully saturated rings. The van der Waals surface area contributed by atoms with Crippen LogP contribution < -0.4 is 10.1 Å². The maximum absolute atomic E-state index is 11.5. The number of nitrogens with one attached hydrogen (secondary N) is 1. The average Bonchev–Trinajstić information content (AvgIpc) is 3.08. The fraction of sp³-hybridized carbons (Fsp3) is 0.450. The molecule has 6 heteroatoms. The van der Waals surface area contributed by atoms with Gasteiger partial charge in [0.05, 0.1) is 29.9 Å². The highest BCUT2D eigenvalue weighted by molar-refractivity contribution is 6.06. The number of hydrogen-bond donors (Lipinski definition) is 1. The molecule has 136 valence electrons. The molecule has 0 bridgehead atoms. The summed E-state index contributed by atoms with van der Waals surface area (Å²) in [7, 11) is 1.67. The van der Waals surface area contributed by atoms with Gasteiger partial charge in [-0.15, -0.1) is 0 Å². The van der Waals surface area contributed by atoms with Crippen molar-refractivity contribution in [2.24, 2.45) is 5.92 Å².